The van der Waals surface area contributed by atoms with Crippen LogP contribution in [0.4, 0.5) is 10.1 Å². The van der Waals surface area contributed by atoms with Gasteiger partial charge in [-0.15, -0.1) is 11.3 Å². The highest BCUT2D eigenvalue weighted by Crippen LogP contribution is 2.21. The average Bonchev–Trinajstić information content (AvgIpc) is 2.93. The lowest BCUT2D eigenvalue weighted by Gasteiger charge is -2.26. The molecule has 0 aliphatic carbocycles. The third kappa shape index (κ3) is 3.42. The second kappa shape index (κ2) is 6.26. The molecule has 1 aromatic carbocycles. The molecule has 3 nitrogen and oxygen atoms in total. The molecule has 1 aromatic heterocycles. The highest BCUT2D eigenvalue weighted by molar-refractivity contribution is 7.09. The van der Waals surface area contributed by atoms with Crippen molar-refractivity contribution in [3.8, 4) is 0 Å². The minimum Gasteiger partial charge on any atom is -0.398 e. The van der Waals surface area contributed by atoms with Crippen molar-refractivity contribution in [1.29, 1.82) is 0 Å². The molecule has 2 aromatic rings. The highest BCUT2D eigenvalue weighted by Gasteiger charge is 2.21. The van der Waals surface area contributed by atoms with E-state index in [1.54, 1.807) is 29.2 Å². The molecule has 0 bridgehead atoms. The van der Waals surface area contributed by atoms with Gasteiger partial charge in [-0.25, -0.2) is 4.39 Å². The first kappa shape index (κ1) is 15.5. The van der Waals surface area contributed by atoms with Crippen LogP contribution in [0, 0.1) is 12.7 Å². The number of nitrogens with zero attached hydrogens (tertiary/aromatic N) is 1. The molecule has 0 aliphatic heterocycles. The number of benzene rings is 1. The van der Waals surface area contributed by atoms with Crippen LogP contribution in [0.1, 0.15) is 34.6 Å². The molecule has 112 valence electrons. The van der Waals surface area contributed by atoms with Gasteiger partial charge in [0.2, 0.25) is 0 Å². The Kier molecular flexibility index (Phi) is 4.63. The Labute approximate surface area is 128 Å². The number of amides is 1. The lowest BCUT2D eigenvalue weighted by atomic mass is 10.1. The summed E-state index contributed by atoms with van der Waals surface area (Å²) >= 11 is 1.60. The molecule has 0 atom stereocenters. The molecule has 0 aliphatic rings. The van der Waals surface area contributed by atoms with E-state index in [1.807, 2.05) is 31.4 Å². The Bertz CT molecular complexity index is 615. The maximum Gasteiger partial charge on any atom is 0.254 e. The molecule has 0 radical (unpaired) electrons. The molecule has 0 saturated heterocycles. The van der Waals surface area contributed by atoms with Crippen molar-refractivity contribution in [2.24, 2.45) is 0 Å². The monoisotopic (exact) mass is 306 g/mol. The lowest BCUT2D eigenvalue weighted by Crippen LogP contribution is -2.36. The average molecular weight is 306 g/mol. The standard InChI is InChI=1S/C16H19FN2OS/c1-10(2)19(9-13-5-4-6-21-13)16(20)12-7-14(17)11(3)15(18)8-12/h4-8,10H,9,18H2,1-3H3. The Hall–Kier alpha value is -1.88. The number of anilines is 1. The van der Waals surface area contributed by atoms with Crippen LogP contribution < -0.4 is 5.73 Å². The second-order valence-corrected chi connectivity index (χ2v) is 6.31. The largest absolute Gasteiger partial charge is 0.398 e. The number of nitrogen functional groups attached to an aromatic ring is 1. The maximum absolute atomic E-state index is 13.8. The first-order chi connectivity index (χ1) is 9.90. The summed E-state index contributed by atoms with van der Waals surface area (Å²) in [5, 5.41) is 1.97. The zero-order valence-corrected chi connectivity index (χ0v) is 13.2. The predicted octanol–water partition coefficient (Wildman–Crippen LogP) is 3.83. The number of carbonyl (C=O) groups is 1. The van der Waals surface area contributed by atoms with Crippen molar-refractivity contribution >= 4 is 22.9 Å². The first-order valence-electron chi connectivity index (χ1n) is 6.79. The Morgan fingerprint density at radius 2 is 2.14 bits per heavy atom. The fraction of sp³-hybridized carbons (Fsp3) is 0.312. The Morgan fingerprint density at radius 3 is 2.67 bits per heavy atom. The molecule has 0 spiro atoms. The smallest absolute Gasteiger partial charge is 0.254 e. The molecule has 21 heavy (non-hydrogen) atoms. The summed E-state index contributed by atoms with van der Waals surface area (Å²) in [5.41, 5.74) is 6.74. The summed E-state index contributed by atoms with van der Waals surface area (Å²) in [4.78, 5) is 15.4. The van der Waals surface area contributed by atoms with Gasteiger partial charge in [0, 0.05) is 27.7 Å². The van der Waals surface area contributed by atoms with Crippen molar-refractivity contribution in [2.75, 3.05) is 5.73 Å². The summed E-state index contributed by atoms with van der Waals surface area (Å²) in [7, 11) is 0. The Balaban J connectivity index is 2.30. The zero-order chi connectivity index (χ0) is 15.6. The number of nitrogens with two attached hydrogens (primary N) is 1. The van der Waals surface area contributed by atoms with Crippen molar-refractivity contribution in [2.45, 2.75) is 33.4 Å². The van der Waals surface area contributed by atoms with Gasteiger partial charge in [0.25, 0.3) is 5.91 Å². The van der Waals surface area contributed by atoms with Crippen LogP contribution >= 0.6 is 11.3 Å². The fourth-order valence-electron chi connectivity index (χ4n) is 2.05. The number of halogens is 1. The molecular weight excluding hydrogens is 287 g/mol. The highest BCUT2D eigenvalue weighted by atomic mass is 32.1. The first-order valence-corrected chi connectivity index (χ1v) is 7.67. The van der Waals surface area contributed by atoms with Crippen LogP contribution in [0.2, 0.25) is 0 Å². The van der Waals surface area contributed by atoms with Gasteiger partial charge in [0.1, 0.15) is 5.82 Å². The summed E-state index contributed by atoms with van der Waals surface area (Å²) < 4.78 is 13.8. The molecule has 2 rings (SSSR count). The molecular formula is C16H19FN2OS. The van der Waals surface area contributed by atoms with E-state index in [-0.39, 0.29) is 11.9 Å². The summed E-state index contributed by atoms with van der Waals surface area (Å²) in [6.07, 6.45) is 0. The van der Waals surface area contributed by atoms with Crippen molar-refractivity contribution in [3.63, 3.8) is 0 Å². The Morgan fingerprint density at radius 1 is 1.43 bits per heavy atom. The fourth-order valence-corrected chi connectivity index (χ4v) is 2.75. The lowest BCUT2D eigenvalue weighted by molar-refractivity contribution is 0.0692. The van der Waals surface area contributed by atoms with Crippen molar-refractivity contribution in [3.05, 3.63) is 51.5 Å². The maximum atomic E-state index is 13.8. The minimum absolute atomic E-state index is 0.0187. The van der Waals surface area contributed by atoms with Crippen LogP contribution in [0.3, 0.4) is 0 Å². The number of hydrogen-bond acceptors (Lipinski definition) is 3. The van der Waals surface area contributed by atoms with E-state index in [0.717, 1.165) is 4.88 Å². The van der Waals surface area contributed by atoms with Gasteiger partial charge in [-0.3, -0.25) is 4.79 Å². The normalized spacial score (nSPS) is 10.9. The number of rotatable bonds is 4. The van der Waals surface area contributed by atoms with E-state index < -0.39 is 5.82 Å². The predicted molar refractivity (Wildman–Crippen MR) is 84.9 cm³/mol. The molecule has 1 heterocycles. The van der Waals surface area contributed by atoms with Crippen LogP contribution in [0.25, 0.3) is 0 Å². The summed E-state index contributed by atoms with van der Waals surface area (Å²) in [5.74, 6) is -0.651. The zero-order valence-electron chi connectivity index (χ0n) is 12.4. The topological polar surface area (TPSA) is 46.3 Å². The van der Waals surface area contributed by atoms with Gasteiger partial charge >= 0.3 is 0 Å². The van der Waals surface area contributed by atoms with E-state index in [4.69, 9.17) is 5.73 Å². The van der Waals surface area contributed by atoms with E-state index in [1.165, 1.54) is 6.07 Å². The van der Waals surface area contributed by atoms with Crippen LogP contribution in [-0.4, -0.2) is 16.8 Å². The molecule has 1 amide bonds. The summed E-state index contributed by atoms with van der Waals surface area (Å²) in [6, 6.07) is 6.76. The second-order valence-electron chi connectivity index (χ2n) is 5.28. The van der Waals surface area contributed by atoms with Gasteiger partial charge in [-0.05, 0) is 44.4 Å². The number of hydrogen-bond donors (Lipinski definition) is 1. The minimum atomic E-state index is -0.446. The summed E-state index contributed by atoms with van der Waals surface area (Å²) in [6.45, 7) is 6.01. The third-order valence-corrected chi connectivity index (χ3v) is 4.28. The van der Waals surface area contributed by atoms with Crippen molar-refractivity contribution < 1.29 is 9.18 Å². The molecule has 0 unspecified atom stereocenters. The van der Waals surface area contributed by atoms with E-state index in [2.05, 4.69) is 0 Å². The third-order valence-electron chi connectivity index (χ3n) is 3.42. The van der Waals surface area contributed by atoms with Gasteiger partial charge in [0.05, 0.1) is 6.54 Å². The molecule has 5 heteroatoms. The van der Waals surface area contributed by atoms with Crippen LogP contribution in [-0.2, 0) is 6.54 Å². The van der Waals surface area contributed by atoms with E-state index >= 15 is 0 Å². The molecule has 2 N–H and O–H groups in total. The molecule has 0 saturated carbocycles. The van der Waals surface area contributed by atoms with Crippen LogP contribution in [0.5, 0.6) is 0 Å². The van der Waals surface area contributed by atoms with Crippen molar-refractivity contribution in [1.82, 2.24) is 4.90 Å². The van der Waals surface area contributed by atoms with Crippen LogP contribution in [0.15, 0.2) is 29.6 Å². The van der Waals surface area contributed by atoms with E-state index in [0.29, 0.717) is 23.4 Å². The SMILES string of the molecule is Cc1c(N)cc(C(=O)N(Cc2cccs2)C(C)C)cc1F. The van der Waals surface area contributed by atoms with Gasteiger partial charge < -0.3 is 10.6 Å². The van der Waals surface area contributed by atoms with Gasteiger partial charge in [0.15, 0.2) is 0 Å². The quantitative estimate of drug-likeness (QED) is 0.873. The van der Waals surface area contributed by atoms with E-state index in [9.17, 15) is 9.18 Å². The van der Waals surface area contributed by atoms with Gasteiger partial charge in [-0.1, -0.05) is 6.07 Å². The number of thiophene rings is 1. The van der Waals surface area contributed by atoms with Gasteiger partial charge in [-0.2, -0.15) is 0 Å². The molecule has 0 fully saturated rings. The number of carbonyl (C=O) groups excluding carboxylic acids is 1.